The standard InChI is InChI=1S/C8H16O4S/c1-12-3-2-4-13-6-7(9)5-8(10)11/h7,9H,2-6H2,1H3,(H,10,11). The Balaban J connectivity index is 3.17. The van der Waals surface area contributed by atoms with Crippen LogP contribution < -0.4 is 0 Å². The zero-order valence-corrected chi connectivity index (χ0v) is 8.55. The van der Waals surface area contributed by atoms with Crippen molar-refractivity contribution in [1.29, 1.82) is 0 Å². The molecule has 0 aliphatic heterocycles. The summed E-state index contributed by atoms with van der Waals surface area (Å²) in [6.07, 6.45) is 0.0307. The average molecular weight is 208 g/mol. The second kappa shape index (κ2) is 8.34. The van der Waals surface area contributed by atoms with E-state index >= 15 is 0 Å². The molecule has 1 atom stereocenters. The number of aliphatic carboxylic acids is 1. The Morgan fingerprint density at radius 3 is 2.85 bits per heavy atom. The number of aliphatic hydroxyl groups excluding tert-OH is 1. The minimum atomic E-state index is -0.954. The van der Waals surface area contributed by atoms with Gasteiger partial charge in [-0.15, -0.1) is 0 Å². The molecular weight excluding hydrogens is 192 g/mol. The van der Waals surface area contributed by atoms with Crippen molar-refractivity contribution in [2.45, 2.75) is 18.9 Å². The normalized spacial score (nSPS) is 12.8. The number of carboxylic acids is 1. The Morgan fingerprint density at radius 2 is 2.31 bits per heavy atom. The summed E-state index contributed by atoms with van der Waals surface area (Å²) in [4.78, 5) is 10.2. The minimum Gasteiger partial charge on any atom is -0.481 e. The Morgan fingerprint density at radius 1 is 1.62 bits per heavy atom. The number of ether oxygens (including phenoxy) is 1. The average Bonchev–Trinajstić information content (AvgIpc) is 2.02. The number of aliphatic hydroxyl groups is 1. The molecule has 0 saturated heterocycles. The molecule has 4 nitrogen and oxygen atoms in total. The van der Waals surface area contributed by atoms with Gasteiger partial charge in [0.1, 0.15) is 0 Å². The van der Waals surface area contributed by atoms with E-state index in [1.54, 1.807) is 18.9 Å². The van der Waals surface area contributed by atoms with Gasteiger partial charge in [-0.05, 0) is 12.2 Å². The summed E-state index contributed by atoms with van der Waals surface area (Å²) < 4.78 is 4.84. The van der Waals surface area contributed by atoms with Crippen LogP contribution in [0.25, 0.3) is 0 Å². The topological polar surface area (TPSA) is 66.8 Å². The van der Waals surface area contributed by atoms with Crippen LogP contribution in [0.1, 0.15) is 12.8 Å². The molecule has 0 rings (SSSR count). The summed E-state index contributed by atoms with van der Waals surface area (Å²) in [6, 6.07) is 0. The minimum absolute atomic E-state index is 0.169. The number of thioether (sulfide) groups is 1. The molecule has 0 aromatic heterocycles. The first-order chi connectivity index (χ1) is 6.16. The van der Waals surface area contributed by atoms with Crippen molar-refractivity contribution in [3.8, 4) is 0 Å². The van der Waals surface area contributed by atoms with Crippen molar-refractivity contribution >= 4 is 17.7 Å². The Bertz CT molecular complexity index is 140. The van der Waals surface area contributed by atoms with Gasteiger partial charge in [-0.25, -0.2) is 0 Å². The first kappa shape index (κ1) is 12.7. The van der Waals surface area contributed by atoms with Gasteiger partial charge >= 0.3 is 5.97 Å². The van der Waals surface area contributed by atoms with Crippen LogP contribution in [0.2, 0.25) is 0 Å². The predicted octanol–water partition coefficient (Wildman–Crippen LogP) is 0.592. The van der Waals surface area contributed by atoms with Gasteiger partial charge in [-0.1, -0.05) is 0 Å². The summed E-state index contributed by atoms with van der Waals surface area (Å²) in [5.74, 6) is 0.422. The lowest BCUT2D eigenvalue weighted by molar-refractivity contribution is -0.138. The Labute approximate surface area is 82.3 Å². The predicted molar refractivity (Wildman–Crippen MR) is 52.1 cm³/mol. The molecular formula is C8H16O4S. The van der Waals surface area contributed by atoms with E-state index in [2.05, 4.69) is 0 Å². The fourth-order valence-electron chi connectivity index (χ4n) is 0.785. The smallest absolute Gasteiger partial charge is 0.306 e. The molecule has 0 heterocycles. The molecule has 0 saturated carbocycles. The number of carboxylic acid groups (broad SMARTS) is 1. The Hall–Kier alpha value is -0.260. The molecule has 2 N–H and O–H groups in total. The van der Waals surface area contributed by atoms with Gasteiger partial charge in [-0.2, -0.15) is 11.8 Å². The number of hydrogen-bond donors (Lipinski definition) is 2. The number of methoxy groups -OCH3 is 1. The summed E-state index contributed by atoms with van der Waals surface area (Å²) in [7, 11) is 1.64. The molecule has 0 fully saturated rings. The van der Waals surface area contributed by atoms with Gasteiger partial charge in [0.2, 0.25) is 0 Å². The van der Waals surface area contributed by atoms with Crippen LogP contribution in [0.3, 0.4) is 0 Å². The fraction of sp³-hybridized carbons (Fsp3) is 0.875. The van der Waals surface area contributed by atoms with E-state index in [9.17, 15) is 4.79 Å². The molecule has 5 heteroatoms. The van der Waals surface area contributed by atoms with E-state index < -0.39 is 12.1 Å². The lowest BCUT2D eigenvalue weighted by Crippen LogP contribution is -2.15. The third kappa shape index (κ3) is 9.66. The largest absolute Gasteiger partial charge is 0.481 e. The molecule has 0 aromatic carbocycles. The molecule has 0 aliphatic rings. The van der Waals surface area contributed by atoms with Crippen LogP contribution in [0, 0.1) is 0 Å². The van der Waals surface area contributed by atoms with E-state index in [1.807, 2.05) is 0 Å². The van der Waals surface area contributed by atoms with Gasteiger partial charge in [0, 0.05) is 19.5 Å². The molecule has 1 unspecified atom stereocenters. The van der Waals surface area contributed by atoms with Crippen LogP contribution in [0.15, 0.2) is 0 Å². The van der Waals surface area contributed by atoms with Gasteiger partial charge in [0.25, 0.3) is 0 Å². The van der Waals surface area contributed by atoms with Crippen LogP contribution in [0.4, 0.5) is 0 Å². The van der Waals surface area contributed by atoms with E-state index in [0.717, 1.165) is 12.2 Å². The monoisotopic (exact) mass is 208 g/mol. The lowest BCUT2D eigenvalue weighted by atomic mass is 10.3. The zero-order valence-electron chi connectivity index (χ0n) is 7.73. The van der Waals surface area contributed by atoms with E-state index in [4.69, 9.17) is 14.9 Å². The molecule has 0 radical (unpaired) electrons. The second-order valence-electron chi connectivity index (χ2n) is 2.67. The molecule has 0 amide bonds. The highest BCUT2D eigenvalue weighted by Gasteiger charge is 2.08. The van der Waals surface area contributed by atoms with Gasteiger partial charge in [-0.3, -0.25) is 4.79 Å². The molecule has 0 aromatic rings. The first-order valence-electron chi connectivity index (χ1n) is 4.13. The van der Waals surface area contributed by atoms with Crippen molar-refractivity contribution in [3.05, 3.63) is 0 Å². The quantitative estimate of drug-likeness (QED) is 0.571. The summed E-state index contributed by atoms with van der Waals surface area (Å²) in [5, 5.41) is 17.5. The van der Waals surface area contributed by atoms with Crippen molar-refractivity contribution in [2.24, 2.45) is 0 Å². The van der Waals surface area contributed by atoms with E-state index in [0.29, 0.717) is 12.4 Å². The van der Waals surface area contributed by atoms with Crippen LogP contribution in [-0.4, -0.2) is 47.5 Å². The molecule has 13 heavy (non-hydrogen) atoms. The molecule has 78 valence electrons. The third-order valence-electron chi connectivity index (χ3n) is 1.36. The van der Waals surface area contributed by atoms with Crippen LogP contribution >= 0.6 is 11.8 Å². The third-order valence-corrected chi connectivity index (χ3v) is 2.56. The van der Waals surface area contributed by atoms with E-state index in [-0.39, 0.29) is 6.42 Å². The van der Waals surface area contributed by atoms with Gasteiger partial charge in [0.05, 0.1) is 12.5 Å². The van der Waals surface area contributed by atoms with E-state index in [1.165, 1.54) is 0 Å². The van der Waals surface area contributed by atoms with Crippen molar-refractivity contribution in [2.75, 3.05) is 25.2 Å². The first-order valence-corrected chi connectivity index (χ1v) is 5.28. The highest BCUT2D eigenvalue weighted by molar-refractivity contribution is 7.99. The maximum absolute atomic E-state index is 10.2. The SMILES string of the molecule is COCCCSCC(O)CC(=O)O. The lowest BCUT2D eigenvalue weighted by Gasteiger charge is -2.06. The maximum atomic E-state index is 10.2. The zero-order chi connectivity index (χ0) is 10.1. The molecule has 0 aliphatic carbocycles. The van der Waals surface area contributed by atoms with Gasteiger partial charge in [0.15, 0.2) is 0 Å². The van der Waals surface area contributed by atoms with Crippen molar-refractivity contribution in [1.82, 2.24) is 0 Å². The maximum Gasteiger partial charge on any atom is 0.306 e. The van der Waals surface area contributed by atoms with Crippen LogP contribution in [-0.2, 0) is 9.53 Å². The number of carbonyl (C=O) groups is 1. The van der Waals surface area contributed by atoms with Crippen molar-refractivity contribution < 1.29 is 19.7 Å². The summed E-state index contributed by atoms with van der Waals surface area (Å²) in [6.45, 7) is 0.710. The Kier molecular flexibility index (Phi) is 8.18. The highest BCUT2D eigenvalue weighted by atomic mass is 32.2. The van der Waals surface area contributed by atoms with Crippen molar-refractivity contribution in [3.63, 3.8) is 0 Å². The fourth-order valence-corrected chi connectivity index (χ4v) is 1.66. The second-order valence-corrected chi connectivity index (χ2v) is 3.82. The summed E-state index contributed by atoms with van der Waals surface area (Å²) in [5.41, 5.74) is 0. The number of hydrogen-bond acceptors (Lipinski definition) is 4. The molecule has 0 bridgehead atoms. The summed E-state index contributed by atoms with van der Waals surface area (Å²) >= 11 is 1.55. The number of rotatable bonds is 8. The van der Waals surface area contributed by atoms with Crippen LogP contribution in [0.5, 0.6) is 0 Å². The highest BCUT2D eigenvalue weighted by Crippen LogP contribution is 2.07. The molecule has 0 spiro atoms. The van der Waals surface area contributed by atoms with Gasteiger partial charge < -0.3 is 14.9 Å².